The topological polar surface area (TPSA) is 29.9 Å². The van der Waals surface area contributed by atoms with Crippen LogP contribution < -0.4 is 5.32 Å². The Balaban J connectivity index is 2.18. The highest BCUT2D eigenvalue weighted by molar-refractivity contribution is 6.32. The Labute approximate surface area is 119 Å². The maximum Gasteiger partial charge on any atom is 0.0832 e. The van der Waals surface area contributed by atoms with Crippen LogP contribution in [-0.2, 0) is 6.54 Å². The lowest BCUT2D eigenvalue weighted by Gasteiger charge is -2.20. The highest BCUT2D eigenvalue weighted by Crippen LogP contribution is 2.22. The minimum atomic E-state index is 0.101. The van der Waals surface area contributed by atoms with E-state index in [0.717, 1.165) is 22.9 Å². The van der Waals surface area contributed by atoms with Crippen molar-refractivity contribution in [2.75, 3.05) is 0 Å². The highest BCUT2D eigenvalue weighted by Gasteiger charge is 2.10. The molecule has 2 aromatic rings. The summed E-state index contributed by atoms with van der Waals surface area (Å²) in [6.45, 7) is 9.22. The number of aryl methyl sites for hydroxylation is 1. The van der Waals surface area contributed by atoms with Gasteiger partial charge in [0.1, 0.15) is 0 Å². The Hall–Kier alpha value is -1.32. The minimum absolute atomic E-state index is 0.101. The van der Waals surface area contributed by atoms with Gasteiger partial charge in [-0.25, -0.2) is 4.68 Å². The second kappa shape index (κ2) is 5.35. The van der Waals surface area contributed by atoms with Crippen LogP contribution in [0.4, 0.5) is 0 Å². The molecule has 102 valence electrons. The van der Waals surface area contributed by atoms with Gasteiger partial charge in [0.2, 0.25) is 0 Å². The molecule has 19 heavy (non-hydrogen) atoms. The zero-order chi connectivity index (χ0) is 14.0. The van der Waals surface area contributed by atoms with Crippen molar-refractivity contribution in [2.24, 2.45) is 0 Å². The Morgan fingerprint density at radius 2 is 2.00 bits per heavy atom. The Morgan fingerprint density at radius 3 is 2.53 bits per heavy atom. The van der Waals surface area contributed by atoms with Crippen molar-refractivity contribution >= 4 is 11.6 Å². The maximum atomic E-state index is 6.33. The molecular formula is C15H20ClN3. The van der Waals surface area contributed by atoms with Crippen molar-refractivity contribution < 1.29 is 0 Å². The SMILES string of the molecule is Cc1ccn(-c2ccc(CNC(C)(C)C)cc2Cl)n1. The summed E-state index contributed by atoms with van der Waals surface area (Å²) >= 11 is 6.33. The van der Waals surface area contributed by atoms with E-state index in [0.29, 0.717) is 0 Å². The molecule has 0 bridgehead atoms. The summed E-state index contributed by atoms with van der Waals surface area (Å²) in [4.78, 5) is 0. The van der Waals surface area contributed by atoms with E-state index < -0.39 is 0 Å². The molecule has 4 heteroatoms. The van der Waals surface area contributed by atoms with Crippen molar-refractivity contribution in [1.29, 1.82) is 0 Å². The molecule has 1 heterocycles. The van der Waals surface area contributed by atoms with Gasteiger partial charge in [-0.15, -0.1) is 0 Å². The molecule has 0 saturated heterocycles. The summed E-state index contributed by atoms with van der Waals surface area (Å²) in [5, 5.41) is 8.54. The number of benzene rings is 1. The smallest absolute Gasteiger partial charge is 0.0832 e. The van der Waals surface area contributed by atoms with Crippen molar-refractivity contribution in [1.82, 2.24) is 15.1 Å². The van der Waals surface area contributed by atoms with Gasteiger partial charge in [-0.2, -0.15) is 5.10 Å². The quantitative estimate of drug-likeness (QED) is 0.927. The predicted octanol–water partition coefficient (Wildman–Crippen LogP) is 3.72. The van der Waals surface area contributed by atoms with Crippen LogP contribution in [0.2, 0.25) is 5.02 Å². The van der Waals surface area contributed by atoms with Crippen LogP contribution in [0.15, 0.2) is 30.5 Å². The summed E-state index contributed by atoms with van der Waals surface area (Å²) in [6.07, 6.45) is 1.92. The first-order chi connectivity index (χ1) is 8.85. The summed E-state index contributed by atoms with van der Waals surface area (Å²) in [5.74, 6) is 0. The Bertz CT molecular complexity index is 567. The van der Waals surface area contributed by atoms with Gasteiger partial charge < -0.3 is 5.32 Å². The molecule has 0 aliphatic carbocycles. The van der Waals surface area contributed by atoms with E-state index in [1.165, 1.54) is 5.56 Å². The van der Waals surface area contributed by atoms with E-state index in [-0.39, 0.29) is 5.54 Å². The second-order valence-electron chi connectivity index (χ2n) is 5.79. The first kappa shape index (κ1) is 14.1. The monoisotopic (exact) mass is 277 g/mol. The summed E-state index contributed by atoms with van der Waals surface area (Å²) in [6, 6.07) is 8.05. The third-order valence-electron chi connectivity index (χ3n) is 2.80. The fourth-order valence-corrected chi connectivity index (χ4v) is 2.05. The van der Waals surface area contributed by atoms with Gasteiger partial charge in [-0.05, 0) is 51.5 Å². The first-order valence-corrected chi connectivity index (χ1v) is 6.79. The van der Waals surface area contributed by atoms with Crippen molar-refractivity contribution in [3.8, 4) is 5.69 Å². The molecule has 0 aliphatic rings. The van der Waals surface area contributed by atoms with Crippen molar-refractivity contribution in [2.45, 2.75) is 39.8 Å². The van der Waals surface area contributed by atoms with Crippen LogP contribution in [0.3, 0.4) is 0 Å². The molecular weight excluding hydrogens is 258 g/mol. The van der Waals surface area contributed by atoms with Gasteiger partial charge >= 0.3 is 0 Å². The predicted molar refractivity (Wildman–Crippen MR) is 79.9 cm³/mol. The molecule has 0 unspecified atom stereocenters. The molecule has 0 atom stereocenters. The Kier molecular flexibility index (Phi) is 3.97. The van der Waals surface area contributed by atoms with Gasteiger partial charge in [0.05, 0.1) is 16.4 Å². The van der Waals surface area contributed by atoms with E-state index in [4.69, 9.17) is 11.6 Å². The van der Waals surface area contributed by atoms with Crippen LogP contribution in [-0.4, -0.2) is 15.3 Å². The number of rotatable bonds is 3. The molecule has 0 aliphatic heterocycles. The molecule has 0 saturated carbocycles. The molecule has 3 nitrogen and oxygen atoms in total. The van der Waals surface area contributed by atoms with E-state index in [1.807, 2.05) is 31.3 Å². The minimum Gasteiger partial charge on any atom is -0.308 e. The second-order valence-corrected chi connectivity index (χ2v) is 6.20. The third kappa shape index (κ3) is 3.82. The average molecular weight is 278 g/mol. The normalized spacial score (nSPS) is 11.8. The van der Waals surface area contributed by atoms with Crippen LogP contribution in [0.1, 0.15) is 32.0 Å². The van der Waals surface area contributed by atoms with Crippen LogP contribution in [0.25, 0.3) is 5.69 Å². The zero-order valence-corrected chi connectivity index (χ0v) is 12.6. The number of nitrogens with one attached hydrogen (secondary N) is 1. The highest BCUT2D eigenvalue weighted by atomic mass is 35.5. The molecule has 2 rings (SSSR count). The molecule has 1 aromatic heterocycles. The summed E-state index contributed by atoms with van der Waals surface area (Å²) in [5.41, 5.74) is 3.17. The number of aromatic nitrogens is 2. The third-order valence-corrected chi connectivity index (χ3v) is 3.11. The number of hydrogen-bond donors (Lipinski definition) is 1. The lowest BCUT2D eigenvalue weighted by Crippen LogP contribution is -2.35. The van der Waals surface area contributed by atoms with Gasteiger partial charge in [-0.3, -0.25) is 0 Å². The van der Waals surface area contributed by atoms with E-state index in [1.54, 1.807) is 4.68 Å². The van der Waals surface area contributed by atoms with Gasteiger partial charge in [0, 0.05) is 18.3 Å². The molecule has 1 N–H and O–H groups in total. The number of hydrogen-bond acceptors (Lipinski definition) is 2. The zero-order valence-electron chi connectivity index (χ0n) is 11.9. The van der Waals surface area contributed by atoms with Crippen LogP contribution in [0.5, 0.6) is 0 Å². The van der Waals surface area contributed by atoms with Crippen LogP contribution in [0, 0.1) is 6.92 Å². The van der Waals surface area contributed by atoms with E-state index in [2.05, 4.69) is 37.3 Å². The number of halogens is 1. The summed E-state index contributed by atoms with van der Waals surface area (Å²) in [7, 11) is 0. The maximum absolute atomic E-state index is 6.33. The molecule has 0 spiro atoms. The van der Waals surface area contributed by atoms with E-state index >= 15 is 0 Å². The molecule has 0 amide bonds. The fourth-order valence-electron chi connectivity index (χ4n) is 1.76. The standard InChI is InChI=1S/C15H20ClN3/c1-11-7-8-19(18-11)14-6-5-12(9-13(14)16)10-17-15(2,3)4/h5-9,17H,10H2,1-4H3. The lowest BCUT2D eigenvalue weighted by molar-refractivity contribution is 0.424. The van der Waals surface area contributed by atoms with Crippen LogP contribution >= 0.6 is 11.6 Å². The van der Waals surface area contributed by atoms with Crippen molar-refractivity contribution in [3.05, 3.63) is 46.7 Å². The lowest BCUT2D eigenvalue weighted by atomic mass is 10.1. The summed E-state index contributed by atoms with van der Waals surface area (Å²) < 4.78 is 1.80. The van der Waals surface area contributed by atoms with E-state index in [9.17, 15) is 0 Å². The Morgan fingerprint density at radius 1 is 1.26 bits per heavy atom. The van der Waals surface area contributed by atoms with Gasteiger partial charge in [0.25, 0.3) is 0 Å². The largest absolute Gasteiger partial charge is 0.308 e. The number of nitrogens with zero attached hydrogens (tertiary/aromatic N) is 2. The molecule has 0 fully saturated rings. The fraction of sp³-hybridized carbons (Fsp3) is 0.400. The molecule has 1 aromatic carbocycles. The first-order valence-electron chi connectivity index (χ1n) is 6.41. The average Bonchev–Trinajstić information content (AvgIpc) is 2.72. The molecule has 0 radical (unpaired) electrons. The van der Waals surface area contributed by atoms with Gasteiger partial charge in [-0.1, -0.05) is 17.7 Å². The van der Waals surface area contributed by atoms with Gasteiger partial charge in [0.15, 0.2) is 0 Å². The van der Waals surface area contributed by atoms with Crippen molar-refractivity contribution in [3.63, 3.8) is 0 Å².